The lowest BCUT2D eigenvalue weighted by Gasteiger charge is -2.24. The number of carboxylic acids is 3. The van der Waals surface area contributed by atoms with Gasteiger partial charge in [0.2, 0.25) is 17.7 Å². The van der Waals surface area contributed by atoms with Crippen molar-refractivity contribution in [1.29, 1.82) is 0 Å². The monoisotopic (exact) mass is 628 g/mol. The average Bonchev–Trinajstić information content (AvgIpc) is 2.93. The predicted molar refractivity (Wildman–Crippen MR) is 162 cm³/mol. The number of hydrogen-bond donors (Lipinski definition) is 6. The summed E-state index contributed by atoms with van der Waals surface area (Å²) in [6, 6.07) is -2.56. The van der Waals surface area contributed by atoms with E-state index in [0.717, 1.165) is 75.5 Å². The summed E-state index contributed by atoms with van der Waals surface area (Å²) in [5.41, 5.74) is 5.60. The van der Waals surface area contributed by atoms with Gasteiger partial charge in [-0.25, -0.2) is 4.79 Å². The Bertz CT molecular complexity index is 928. The molecule has 0 radical (unpaired) electrons. The Morgan fingerprint density at radius 2 is 1.18 bits per heavy atom. The molecule has 7 N–H and O–H groups in total. The lowest BCUT2D eigenvalue weighted by molar-refractivity contribution is -0.142. The summed E-state index contributed by atoms with van der Waals surface area (Å²) < 4.78 is 0. The molecule has 0 aliphatic heterocycles. The first-order chi connectivity index (χ1) is 20.8. The van der Waals surface area contributed by atoms with Crippen LogP contribution in [0.4, 0.5) is 0 Å². The van der Waals surface area contributed by atoms with Gasteiger partial charge >= 0.3 is 17.9 Å². The molecule has 0 heterocycles. The molecule has 14 heteroatoms. The molecule has 0 unspecified atom stereocenters. The Balaban J connectivity index is 4.15. The normalized spacial score (nSPS) is 12.1. The van der Waals surface area contributed by atoms with Crippen molar-refractivity contribution in [3.8, 4) is 0 Å². The molecule has 0 rings (SSSR count). The van der Waals surface area contributed by atoms with Crippen LogP contribution >= 0.6 is 0 Å². The van der Waals surface area contributed by atoms with Gasteiger partial charge in [-0.2, -0.15) is 0 Å². The van der Waals surface area contributed by atoms with Gasteiger partial charge in [-0.05, 0) is 26.2 Å². The number of unbranched alkanes of at least 4 members (excludes halogenated alkanes) is 11. The van der Waals surface area contributed by atoms with Crippen molar-refractivity contribution < 1.29 is 48.9 Å². The van der Waals surface area contributed by atoms with Gasteiger partial charge in [0.25, 0.3) is 0 Å². The topological polar surface area (TPSA) is 234 Å². The molecule has 0 aromatic rings. The van der Waals surface area contributed by atoms with Crippen LogP contribution in [0, 0.1) is 0 Å². The maximum atomic E-state index is 12.4. The molecule has 0 aliphatic carbocycles. The van der Waals surface area contributed by atoms with Crippen LogP contribution in [0.1, 0.15) is 116 Å². The van der Waals surface area contributed by atoms with Gasteiger partial charge in [0.15, 0.2) is 0 Å². The fourth-order valence-electron chi connectivity index (χ4n) is 4.59. The first kappa shape index (κ1) is 40.5. The number of aliphatic carboxylic acids is 3. The number of nitrogens with two attached hydrogens (primary N) is 1. The molecular formula is C30H52N4O10. The first-order valence-electron chi connectivity index (χ1n) is 15.6. The number of nitrogens with one attached hydrogen (secondary N) is 2. The van der Waals surface area contributed by atoms with Crippen LogP contribution < -0.4 is 16.4 Å². The Kier molecular flexibility index (Phi) is 22.8. The summed E-state index contributed by atoms with van der Waals surface area (Å²) >= 11 is 0. The van der Waals surface area contributed by atoms with Crippen LogP contribution in [0.2, 0.25) is 0 Å². The SMILES string of the molecule is CC(=O)CN(CCNC(=O)CC[C@H](NC(=O)CCCCCCCCCCCCCCC(=O)O)C(=O)O)C(=O)[C@@H](N)CC(=O)O. The number of amides is 3. The van der Waals surface area contributed by atoms with Crippen molar-refractivity contribution >= 4 is 41.4 Å². The van der Waals surface area contributed by atoms with E-state index in [1.54, 1.807) is 0 Å². The Hall–Kier alpha value is -3.55. The molecule has 0 saturated carbocycles. The first-order valence-corrected chi connectivity index (χ1v) is 15.6. The van der Waals surface area contributed by atoms with Crippen LogP contribution in [0.15, 0.2) is 0 Å². The lowest BCUT2D eigenvalue weighted by Crippen LogP contribution is -2.49. The average molecular weight is 629 g/mol. The van der Waals surface area contributed by atoms with Crippen molar-refractivity contribution in [2.45, 2.75) is 128 Å². The lowest BCUT2D eigenvalue weighted by atomic mass is 10.0. The third-order valence-corrected chi connectivity index (χ3v) is 6.98. The highest BCUT2D eigenvalue weighted by Gasteiger charge is 2.24. The molecule has 0 saturated heterocycles. The summed E-state index contributed by atoms with van der Waals surface area (Å²) in [7, 11) is 0. The van der Waals surface area contributed by atoms with Gasteiger partial charge in [0.1, 0.15) is 11.8 Å². The van der Waals surface area contributed by atoms with E-state index >= 15 is 0 Å². The summed E-state index contributed by atoms with van der Waals surface area (Å²) in [4.78, 5) is 82.3. The molecule has 0 bridgehead atoms. The number of rotatable bonds is 28. The molecular weight excluding hydrogens is 576 g/mol. The molecule has 0 fully saturated rings. The molecule has 44 heavy (non-hydrogen) atoms. The smallest absolute Gasteiger partial charge is 0.326 e. The summed E-state index contributed by atoms with van der Waals surface area (Å²) in [5, 5.41) is 31.9. The van der Waals surface area contributed by atoms with E-state index in [1.165, 1.54) is 6.92 Å². The van der Waals surface area contributed by atoms with E-state index in [0.29, 0.717) is 6.42 Å². The van der Waals surface area contributed by atoms with E-state index in [1.807, 2.05) is 0 Å². The van der Waals surface area contributed by atoms with E-state index in [-0.39, 0.29) is 51.1 Å². The largest absolute Gasteiger partial charge is 0.481 e. The van der Waals surface area contributed by atoms with Crippen LogP contribution in [-0.2, 0) is 33.6 Å². The predicted octanol–water partition coefficient (Wildman–Crippen LogP) is 2.22. The molecule has 14 nitrogen and oxygen atoms in total. The maximum Gasteiger partial charge on any atom is 0.326 e. The zero-order valence-corrected chi connectivity index (χ0v) is 26.0. The number of nitrogens with zero attached hydrogens (tertiary/aromatic N) is 1. The number of carbonyl (C=O) groups excluding carboxylic acids is 4. The number of carboxylic acid groups (broad SMARTS) is 3. The van der Waals surface area contributed by atoms with Gasteiger partial charge in [-0.1, -0.05) is 64.2 Å². The van der Waals surface area contributed by atoms with Crippen molar-refractivity contribution in [1.82, 2.24) is 15.5 Å². The zero-order valence-electron chi connectivity index (χ0n) is 26.0. The third-order valence-electron chi connectivity index (χ3n) is 6.98. The second kappa shape index (κ2) is 24.8. The summed E-state index contributed by atoms with van der Waals surface area (Å²) in [6.07, 6.45) is 11.6. The number of ketones is 1. The molecule has 0 aromatic carbocycles. The zero-order chi connectivity index (χ0) is 33.3. The van der Waals surface area contributed by atoms with E-state index < -0.39 is 54.1 Å². The van der Waals surface area contributed by atoms with Gasteiger partial charge in [0.05, 0.1) is 19.0 Å². The second-order valence-electron chi connectivity index (χ2n) is 11.1. The Morgan fingerprint density at radius 3 is 1.64 bits per heavy atom. The van der Waals surface area contributed by atoms with E-state index in [4.69, 9.17) is 15.9 Å². The van der Waals surface area contributed by atoms with Crippen molar-refractivity contribution in [3.05, 3.63) is 0 Å². The highest BCUT2D eigenvalue weighted by atomic mass is 16.4. The minimum Gasteiger partial charge on any atom is -0.481 e. The fourth-order valence-corrected chi connectivity index (χ4v) is 4.59. The van der Waals surface area contributed by atoms with Crippen molar-refractivity contribution in [3.63, 3.8) is 0 Å². The maximum absolute atomic E-state index is 12.4. The molecule has 0 aliphatic rings. The minimum absolute atomic E-state index is 0.0576. The third kappa shape index (κ3) is 23.0. The molecule has 252 valence electrons. The van der Waals surface area contributed by atoms with Crippen LogP contribution in [0.3, 0.4) is 0 Å². The van der Waals surface area contributed by atoms with E-state index in [9.17, 15) is 38.7 Å². The standard InChI is InChI=1S/C30H52N4O10/c1-22(35)21-34(29(42)23(31)20-28(40)41)19-18-32-25(36)17-16-24(30(43)44)33-26(37)14-12-10-8-6-4-2-3-5-7-9-11-13-15-27(38)39/h23-24H,2-21,31H2,1H3,(H,32,36)(H,33,37)(H,38,39)(H,40,41)(H,43,44)/t23-,24-/m0/s1. The fraction of sp³-hybridized carbons (Fsp3) is 0.767. The molecule has 3 amide bonds. The van der Waals surface area contributed by atoms with Crippen LogP contribution in [0.25, 0.3) is 0 Å². The van der Waals surface area contributed by atoms with Gasteiger partial charge in [0, 0.05) is 32.4 Å². The van der Waals surface area contributed by atoms with Crippen LogP contribution in [-0.4, -0.2) is 93.4 Å². The van der Waals surface area contributed by atoms with E-state index in [2.05, 4.69) is 10.6 Å². The molecule has 0 spiro atoms. The Morgan fingerprint density at radius 1 is 0.682 bits per heavy atom. The minimum atomic E-state index is -1.33. The second-order valence-corrected chi connectivity index (χ2v) is 11.1. The van der Waals surface area contributed by atoms with Crippen molar-refractivity contribution in [2.24, 2.45) is 5.73 Å². The summed E-state index contributed by atoms with van der Waals surface area (Å²) in [5.74, 6) is -5.24. The molecule has 0 aromatic heterocycles. The van der Waals surface area contributed by atoms with Gasteiger partial charge in [-0.3, -0.25) is 28.8 Å². The number of hydrogen-bond acceptors (Lipinski definition) is 8. The molecule has 2 atom stereocenters. The van der Waals surface area contributed by atoms with Gasteiger partial charge < -0.3 is 36.6 Å². The quantitative estimate of drug-likeness (QED) is 0.0687. The van der Waals surface area contributed by atoms with Crippen LogP contribution in [0.5, 0.6) is 0 Å². The number of carbonyl (C=O) groups is 7. The summed E-state index contributed by atoms with van der Waals surface area (Å²) in [6.45, 7) is 0.811. The Labute approximate surface area is 259 Å². The number of Topliss-reactive ketones (excluding diaryl/α,β-unsaturated/α-hetero) is 1. The van der Waals surface area contributed by atoms with Crippen molar-refractivity contribution in [2.75, 3.05) is 19.6 Å². The highest BCUT2D eigenvalue weighted by Crippen LogP contribution is 2.13. The highest BCUT2D eigenvalue weighted by molar-refractivity contribution is 5.89. The van der Waals surface area contributed by atoms with Gasteiger partial charge in [-0.15, -0.1) is 0 Å².